The van der Waals surface area contributed by atoms with E-state index in [1.165, 1.54) is 6.20 Å². The molecule has 3 heterocycles. The van der Waals surface area contributed by atoms with E-state index in [0.717, 1.165) is 53.8 Å². The van der Waals surface area contributed by atoms with Crippen LogP contribution in [0.5, 0.6) is 0 Å². The maximum Gasteiger partial charge on any atom is 0.417 e. The zero-order valence-electron chi connectivity index (χ0n) is 20.7. The van der Waals surface area contributed by atoms with Crippen molar-refractivity contribution in [2.45, 2.75) is 56.3 Å². The molecule has 38 heavy (non-hydrogen) atoms. The van der Waals surface area contributed by atoms with Crippen LogP contribution in [0.15, 0.2) is 67.0 Å². The summed E-state index contributed by atoms with van der Waals surface area (Å²) in [5.74, 6) is -0.834. The van der Waals surface area contributed by atoms with E-state index in [9.17, 15) is 22.8 Å². The largest absolute Gasteiger partial charge is 0.448 e. The van der Waals surface area contributed by atoms with Gasteiger partial charge in [-0.3, -0.25) is 9.78 Å². The first-order valence-electron chi connectivity index (χ1n) is 13.0. The Morgan fingerprint density at radius 2 is 1.53 bits per heavy atom. The molecule has 3 aliphatic rings. The number of fused-ring (bicyclic) bond motifs is 5. The number of hydrogen-bond acceptors (Lipinski definition) is 4. The number of halogens is 3. The van der Waals surface area contributed by atoms with Crippen molar-refractivity contribution in [3.8, 4) is 11.1 Å². The first-order valence-corrected chi connectivity index (χ1v) is 13.0. The number of piperidine rings is 2. The van der Waals surface area contributed by atoms with Gasteiger partial charge in [-0.05, 0) is 60.4 Å². The van der Waals surface area contributed by atoms with Gasteiger partial charge in [0.05, 0.1) is 5.56 Å². The quantitative estimate of drug-likeness (QED) is 0.353. The Balaban J connectivity index is 1.16. The molecule has 6 rings (SSSR count). The van der Waals surface area contributed by atoms with Gasteiger partial charge in [0.2, 0.25) is 0 Å². The average Bonchev–Trinajstić information content (AvgIpc) is 3.24. The summed E-state index contributed by atoms with van der Waals surface area (Å²) < 4.78 is 45.3. The molecule has 1 aromatic heterocycles. The van der Waals surface area contributed by atoms with Crippen LogP contribution in [-0.4, -0.2) is 40.5 Å². The lowest BCUT2D eigenvalue weighted by Gasteiger charge is -2.47. The summed E-state index contributed by atoms with van der Waals surface area (Å²) >= 11 is 0. The van der Waals surface area contributed by atoms with E-state index >= 15 is 0 Å². The van der Waals surface area contributed by atoms with Gasteiger partial charge in [0.1, 0.15) is 6.61 Å². The van der Waals surface area contributed by atoms with Crippen molar-refractivity contribution in [3.05, 3.63) is 89.2 Å². The van der Waals surface area contributed by atoms with Gasteiger partial charge in [-0.2, -0.15) is 13.2 Å². The number of nitrogens with zero attached hydrogens (tertiary/aromatic N) is 2. The number of carbonyl (C=O) groups is 2. The molecule has 0 N–H and O–H groups in total. The molecular weight excluding hydrogens is 493 g/mol. The second-order valence-corrected chi connectivity index (χ2v) is 10.4. The Bertz CT molecular complexity index is 1330. The zero-order chi connectivity index (χ0) is 26.4. The summed E-state index contributed by atoms with van der Waals surface area (Å²) in [5.41, 5.74) is 3.63. The molecule has 2 bridgehead atoms. The minimum absolute atomic E-state index is 0.0301. The number of rotatable bonds is 4. The van der Waals surface area contributed by atoms with Crippen LogP contribution < -0.4 is 0 Å². The Morgan fingerprint density at radius 3 is 2.13 bits per heavy atom. The van der Waals surface area contributed by atoms with Gasteiger partial charge in [-0.25, -0.2) is 4.79 Å². The number of aromatic nitrogens is 1. The molecule has 5 nitrogen and oxygen atoms in total. The van der Waals surface area contributed by atoms with E-state index in [2.05, 4.69) is 29.2 Å². The summed E-state index contributed by atoms with van der Waals surface area (Å²) in [7, 11) is 0. The molecule has 2 aromatic carbocycles. The molecule has 2 unspecified atom stereocenters. The molecule has 1 amide bonds. The van der Waals surface area contributed by atoms with E-state index in [1.807, 2.05) is 24.3 Å². The maximum absolute atomic E-state index is 13.4. The summed E-state index contributed by atoms with van der Waals surface area (Å²) in [6.07, 6.45) is 0.230. The third-order valence-electron chi connectivity index (χ3n) is 8.24. The Labute approximate surface area is 218 Å². The zero-order valence-corrected chi connectivity index (χ0v) is 20.7. The van der Waals surface area contributed by atoms with Gasteiger partial charge in [-0.15, -0.1) is 0 Å². The molecule has 196 valence electrons. The average molecular weight is 521 g/mol. The second-order valence-electron chi connectivity index (χ2n) is 10.4. The number of benzene rings is 2. The van der Waals surface area contributed by atoms with Crippen LogP contribution in [0.4, 0.5) is 18.0 Å². The van der Waals surface area contributed by atoms with Crippen LogP contribution in [0.1, 0.15) is 65.1 Å². The van der Waals surface area contributed by atoms with Crippen LogP contribution in [0.25, 0.3) is 11.1 Å². The van der Waals surface area contributed by atoms with E-state index in [1.54, 1.807) is 4.90 Å². The minimum atomic E-state index is -4.56. The molecule has 3 aromatic rings. The summed E-state index contributed by atoms with van der Waals surface area (Å²) in [6.45, 7) is 0.223. The lowest BCUT2D eigenvalue weighted by molar-refractivity contribution is -0.137. The molecule has 0 saturated carbocycles. The van der Waals surface area contributed by atoms with Gasteiger partial charge in [0.15, 0.2) is 5.78 Å². The van der Waals surface area contributed by atoms with Crippen LogP contribution in [0.3, 0.4) is 0 Å². The standard InChI is InChI=1S/C30H27F3N2O3/c31-30(32,33)20-12-19(15-34-16-20)28(36)18-13-21-6-5-7-22(14-18)35(21)29(37)38-17-27-25-10-3-1-8-23(25)24-9-2-4-11-26(24)27/h1-4,8-12,15-16,18,21-22,27H,5-7,13-14,17H2. The van der Waals surface area contributed by atoms with Crippen molar-refractivity contribution in [3.63, 3.8) is 0 Å². The summed E-state index contributed by atoms with van der Waals surface area (Å²) in [4.78, 5) is 32.0. The number of Topliss-reactive ketones (excluding diaryl/α,β-unsaturated/α-hetero) is 1. The molecule has 2 saturated heterocycles. The van der Waals surface area contributed by atoms with E-state index in [-0.39, 0.29) is 42.0 Å². The Kier molecular flexibility index (Phi) is 6.20. The Morgan fingerprint density at radius 1 is 0.921 bits per heavy atom. The summed E-state index contributed by atoms with van der Waals surface area (Å²) in [5, 5.41) is 0. The molecule has 2 aliphatic heterocycles. The number of ketones is 1. The van der Waals surface area contributed by atoms with Gasteiger partial charge in [0, 0.05) is 41.9 Å². The predicted molar refractivity (Wildman–Crippen MR) is 135 cm³/mol. The highest BCUT2D eigenvalue weighted by molar-refractivity contribution is 5.98. The van der Waals surface area contributed by atoms with Gasteiger partial charge in [-0.1, -0.05) is 48.5 Å². The van der Waals surface area contributed by atoms with Crippen molar-refractivity contribution >= 4 is 11.9 Å². The highest BCUT2D eigenvalue weighted by Crippen LogP contribution is 2.45. The fourth-order valence-corrected chi connectivity index (χ4v) is 6.53. The van der Waals surface area contributed by atoms with E-state index in [4.69, 9.17) is 4.74 Å². The van der Waals surface area contributed by atoms with E-state index in [0.29, 0.717) is 12.8 Å². The van der Waals surface area contributed by atoms with Crippen molar-refractivity contribution < 1.29 is 27.5 Å². The number of pyridine rings is 1. The highest BCUT2D eigenvalue weighted by Gasteiger charge is 2.44. The third kappa shape index (κ3) is 4.36. The molecular formula is C30H27F3N2O3. The van der Waals surface area contributed by atoms with Crippen molar-refractivity contribution in [1.82, 2.24) is 9.88 Å². The van der Waals surface area contributed by atoms with Crippen molar-refractivity contribution in [2.75, 3.05) is 6.61 Å². The van der Waals surface area contributed by atoms with Crippen molar-refractivity contribution in [2.24, 2.45) is 5.92 Å². The number of ether oxygens (including phenoxy) is 1. The van der Waals surface area contributed by atoms with Gasteiger partial charge >= 0.3 is 12.3 Å². The fourth-order valence-electron chi connectivity index (χ4n) is 6.53. The lowest BCUT2D eigenvalue weighted by atomic mass is 9.76. The maximum atomic E-state index is 13.4. The van der Waals surface area contributed by atoms with Gasteiger partial charge in [0.25, 0.3) is 0 Å². The van der Waals surface area contributed by atoms with Crippen LogP contribution in [0, 0.1) is 5.92 Å². The number of alkyl halides is 3. The Hall–Kier alpha value is -3.68. The molecule has 2 fully saturated rings. The topological polar surface area (TPSA) is 59.5 Å². The first kappa shape index (κ1) is 24.6. The van der Waals surface area contributed by atoms with Crippen LogP contribution in [-0.2, 0) is 10.9 Å². The molecule has 0 radical (unpaired) electrons. The lowest BCUT2D eigenvalue weighted by Crippen LogP contribution is -2.55. The number of hydrogen-bond donors (Lipinski definition) is 0. The monoisotopic (exact) mass is 520 g/mol. The smallest absolute Gasteiger partial charge is 0.417 e. The molecule has 2 atom stereocenters. The summed E-state index contributed by atoms with van der Waals surface area (Å²) in [6, 6.07) is 16.8. The predicted octanol–water partition coefficient (Wildman–Crippen LogP) is 6.87. The fraction of sp³-hybridized carbons (Fsp3) is 0.367. The molecule has 8 heteroatoms. The van der Waals surface area contributed by atoms with Crippen molar-refractivity contribution in [1.29, 1.82) is 0 Å². The first-order chi connectivity index (χ1) is 18.3. The number of amides is 1. The normalized spacial score (nSPS) is 22.5. The molecule has 0 spiro atoms. The second kappa shape index (κ2) is 9.57. The van der Waals surface area contributed by atoms with Crippen LogP contribution in [0.2, 0.25) is 0 Å². The van der Waals surface area contributed by atoms with E-state index < -0.39 is 17.7 Å². The number of carbonyl (C=O) groups excluding carboxylic acids is 2. The van der Waals surface area contributed by atoms with Gasteiger partial charge < -0.3 is 9.64 Å². The molecule has 1 aliphatic carbocycles. The SMILES string of the molecule is O=C(c1cncc(C(F)(F)F)c1)C1CC2CCCC(C1)N2C(=O)OCC1c2ccccc2-c2ccccc21. The van der Waals surface area contributed by atoms with Crippen LogP contribution >= 0.6 is 0 Å². The highest BCUT2D eigenvalue weighted by atomic mass is 19.4. The minimum Gasteiger partial charge on any atom is -0.448 e. The third-order valence-corrected chi connectivity index (χ3v) is 8.24.